The maximum Gasteiger partial charge on any atom is 0.115 e. The van der Waals surface area contributed by atoms with Crippen molar-refractivity contribution >= 4 is 0 Å². The van der Waals surface area contributed by atoms with E-state index in [0.29, 0.717) is 5.75 Å². The average Bonchev–Trinajstić information content (AvgIpc) is 2.29. The standard InChI is InChI=1S/C15H17NO/c1-11-4-2-6-13(8-11)15(16)10-12-5-3-7-14(17)9-12/h2-9,15,17H,10,16H2,1H3. The third-order valence-electron chi connectivity index (χ3n) is 2.84. The van der Waals surface area contributed by atoms with E-state index in [9.17, 15) is 5.11 Å². The minimum Gasteiger partial charge on any atom is -0.508 e. The molecule has 1 atom stereocenters. The van der Waals surface area contributed by atoms with Crippen LogP contribution in [0, 0.1) is 6.92 Å². The van der Waals surface area contributed by atoms with Gasteiger partial charge in [-0.05, 0) is 36.6 Å². The van der Waals surface area contributed by atoms with Crippen molar-refractivity contribution in [2.45, 2.75) is 19.4 Å². The predicted molar refractivity (Wildman–Crippen MR) is 69.9 cm³/mol. The van der Waals surface area contributed by atoms with E-state index in [0.717, 1.165) is 17.5 Å². The molecule has 2 aromatic rings. The molecule has 0 aliphatic rings. The Morgan fingerprint density at radius 1 is 1.12 bits per heavy atom. The molecule has 2 nitrogen and oxygen atoms in total. The van der Waals surface area contributed by atoms with Gasteiger partial charge < -0.3 is 10.8 Å². The lowest BCUT2D eigenvalue weighted by Gasteiger charge is -2.13. The van der Waals surface area contributed by atoms with Crippen LogP contribution in [0.25, 0.3) is 0 Å². The number of aryl methyl sites for hydroxylation is 1. The zero-order chi connectivity index (χ0) is 12.3. The third-order valence-corrected chi connectivity index (χ3v) is 2.84. The van der Waals surface area contributed by atoms with Gasteiger partial charge in [-0.25, -0.2) is 0 Å². The van der Waals surface area contributed by atoms with E-state index < -0.39 is 0 Å². The van der Waals surface area contributed by atoms with E-state index in [-0.39, 0.29) is 6.04 Å². The van der Waals surface area contributed by atoms with Crippen molar-refractivity contribution in [3.63, 3.8) is 0 Å². The first-order valence-corrected chi connectivity index (χ1v) is 5.75. The minimum atomic E-state index is -0.0308. The van der Waals surface area contributed by atoms with Crippen molar-refractivity contribution in [2.24, 2.45) is 5.73 Å². The number of benzene rings is 2. The molecule has 0 heterocycles. The van der Waals surface area contributed by atoms with Crippen LogP contribution < -0.4 is 5.73 Å². The summed E-state index contributed by atoms with van der Waals surface area (Å²) in [5.74, 6) is 0.291. The number of aromatic hydroxyl groups is 1. The largest absolute Gasteiger partial charge is 0.508 e. The van der Waals surface area contributed by atoms with Gasteiger partial charge in [0.2, 0.25) is 0 Å². The van der Waals surface area contributed by atoms with Gasteiger partial charge in [-0.1, -0.05) is 42.0 Å². The molecule has 0 bridgehead atoms. The molecule has 0 amide bonds. The maximum absolute atomic E-state index is 9.40. The van der Waals surface area contributed by atoms with Gasteiger partial charge in [0, 0.05) is 6.04 Å². The van der Waals surface area contributed by atoms with Crippen LogP contribution in [0.1, 0.15) is 22.7 Å². The SMILES string of the molecule is Cc1cccc(C(N)Cc2cccc(O)c2)c1. The van der Waals surface area contributed by atoms with Crippen molar-refractivity contribution in [2.75, 3.05) is 0 Å². The molecule has 0 saturated heterocycles. The number of hydrogen-bond acceptors (Lipinski definition) is 2. The van der Waals surface area contributed by atoms with E-state index in [1.807, 2.05) is 24.3 Å². The van der Waals surface area contributed by atoms with E-state index in [4.69, 9.17) is 5.73 Å². The van der Waals surface area contributed by atoms with Crippen LogP contribution >= 0.6 is 0 Å². The van der Waals surface area contributed by atoms with Crippen LogP contribution in [0.4, 0.5) is 0 Å². The summed E-state index contributed by atoms with van der Waals surface area (Å²) >= 11 is 0. The van der Waals surface area contributed by atoms with Crippen LogP contribution in [0.15, 0.2) is 48.5 Å². The van der Waals surface area contributed by atoms with Crippen molar-refractivity contribution < 1.29 is 5.11 Å². The molecule has 2 heteroatoms. The van der Waals surface area contributed by atoms with Crippen LogP contribution in [0.3, 0.4) is 0 Å². The second kappa shape index (κ2) is 5.02. The maximum atomic E-state index is 9.40. The highest BCUT2D eigenvalue weighted by atomic mass is 16.3. The number of phenolic OH excluding ortho intramolecular Hbond substituents is 1. The van der Waals surface area contributed by atoms with Crippen LogP contribution in [-0.4, -0.2) is 5.11 Å². The quantitative estimate of drug-likeness (QED) is 0.846. The lowest BCUT2D eigenvalue weighted by Crippen LogP contribution is -2.13. The molecule has 0 saturated carbocycles. The highest BCUT2D eigenvalue weighted by Gasteiger charge is 2.07. The molecule has 88 valence electrons. The van der Waals surface area contributed by atoms with Gasteiger partial charge in [0.05, 0.1) is 0 Å². The van der Waals surface area contributed by atoms with E-state index in [1.165, 1.54) is 5.56 Å². The second-order valence-corrected chi connectivity index (χ2v) is 4.39. The zero-order valence-electron chi connectivity index (χ0n) is 9.93. The monoisotopic (exact) mass is 227 g/mol. The molecule has 3 N–H and O–H groups in total. The van der Waals surface area contributed by atoms with Gasteiger partial charge in [-0.2, -0.15) is 0 Å². The Morgan fingerprint density at radius 2 is 1.88 bits per heavy atom. The van der Waals surface area contributed by atoms with E-state index in [2.05, 4.69) is 19.1 Å². The van der Waals surface area contributed by atoms with Crippen molar-refractivity contribution in [3.05, 3.63) is 65.2 Å². The fourth-order valence-corrected chi connectivity index (χ4v) is 1.96. The highest BCUT2D eigenvalue weighted by Crippen LogP contribution is 2.19. The lowest BCUT2D eigenvalue weighted by atomic mass is 9.98. The van der Waals surface area contributed by atoms with Gasteiger partial charge in [-0.3, -0.25) is 0 Å². The molecule has 0 aliphatic heterocycles. The Morgan fingerprint density at radius 3 is 2.59 bits per heavy atom. The Hall–Kier alpha value is -1.80. The van der Waals surface area contributed by atoms with E-state index >= 15 is 0 Å². The number of hydrogen-bond donors (Lipinski definition) is 2. The van der Waals surface area contributed by atoms with Crippen molar-refractivity contribution in [1.29, 1.82) is 0 Å². The summed E-state index contributed by atoms with van der Waals surface area (Å²) in [6, 6.07) is 15.4. The molecule has 0 aliphatic carbocycles. The van der Waals surface area contributed by atoms with Crippen LogP contribution in [0.5, 0.6) is 5.75 Å². The fourth-order valence-electron chi connectivity index (χ4n) is 1.96. The second-order valence-electron chi connectivity index (χ2n) is 4.39. The van der Waals surface area contributed by atoms with Gasteiger partial charge in [0.1, 0.15) is 5.75 Å². The Kier molecular flexibility index (Phi) is 3.45. The first-order chi connectivity index (χ1) is 8.15. The molecular weight excluding hydrogens is 210 g/mol. The van der Waals surface area contributed by atoms with Crippen LogP contribution in [0.2, 0.25) is 0 Å². The Bertz CT molecular complexity index is 508. The van der Waals surface area contributed by atoms with Crippen molar-refractivity contribution in [3.8, 4) is 5.75 Å². The van der Waals surface area contributed by atoms with Gasteiger partial charge in [-0.15, -0.1) is 0 Å². The summed E-state index contributed by atoms with van der Waals surface area (Å²) in [6.45, 7) is 2.06. The molecule has 2 rings (SSSR count). The first-order valence-electron chi connectivity index (χ1n) is 5.75. The Labute approximate surface area is 102 Å². The normalized spacial score (nSPS) is 12.4. The number of rotatable bonds is 3. The lowest BCUT2D eigenvalue weighted by molar-refractivity contribution is 0.474. The highest BCUT2D eigenvalue weighted by molar-refractivity contribution is 5.30. The predicted octanol–water partition coefficient (Wildman–Crippen LogP) is 2.94. The summed E-state index contributed by atoms with van der Waals surface area (Å²) in [5.41, 5.74) is 9.57. The minimum absolute atomic E-state index is 0.0308. The topological polar surface area (TPSA) is 46.2 Å². The molecule has 0 aromatic heterocycles. The van der Waals surface area contributed by atoms with Gasteiger partial charge in [0.15, 0.2) is 0 Å². The molecule has 17 heavy (non-hydrogen) atoms. The molecule has 2 aromatic carbocycles. The summed E-state index contributed by atoms with van der Waals surface area (Å²) in [6.07, 6.45) is 0.734. The first kappa shape index (κ1) is 11.7. The summed E-state index contributed by atoms with van der Waals surface area (Å²) < 4.78 is 0. The molecule has 1 unspecified atom stereocenters. The average molecular weight is 227 g/mol. The summed E-state index contributed by atoms with van der Waals surface area (Å²) in [7, 11) is 0. The zero-order valence-corrected chi connectivity index (χ0v) is 9.93. The fraction of sp³-hybridized carbons (Fsp3) is 0.200. The Balaban J connectivity index is 2.14. The number of nitrogens with two attached hydrogens (primary N) is 1. The van der Waals surface area contributed by atoms with Crippen LogP contribution in [-0.2, 0) is 6.42 Å². The molecular formula is C15H17NO. The van der Waals surface area contributed by atoms with Gasteiger partial charge >= 0.3 is 0 Å². The smallest absolute Gasteiger partial charge is 0.115 e. The molecule has 0 fully saturated rings. The summed E-state index contributed by atoms with van der Waals surface area (Å²) in [5, 5.41) is 9.40. The third kappa shape index (κ3) is 3.08. The van der Waals surface area contributed by atoms with E-state index in [1.54, 1.807) is 12.1 Å². The van der Waals surface area contributed by atoms with Gasteiger partial charge in [0.25, 0.3) is 0 Å². The summed E-state index contributed by atoms with van der Waals surface area (Å²) in [4.78, 5) is 0. The number of phenols is 1. The molecule has 0 spiro atoms. The van der Waals surface area contributed by atoms with Crippen molar-refractivity contribution in [1.82, 2.24) is 0 Å². The molecule has 0 radical (unpaired) electrons.